The summed E-state index contributed by atoms with van der Waals surface area (Å²) in [6, 6.07) is 20.9. The van der Waals surface area contributed by atoms with E-state index >= 15 is 0 Å². The quantitative estimate of drug-likeness (QED) is 0.418. The molecule has 0 saturated carbocycles. The number of ether oxygens (including phenoxy) is 2. The number of unbranched alkanes of at least 4 members (excludes halogenated alkanes) is 1. The van der Waals surface area contributed by atoms with Crippen LogP contribution in [0, 0.1) is 0 Å². The Balaban J connectivity index is 1.22. The molecule has 0 spiro atoms. The number of pyridine rings is 1. The van der Waals surface area contributed by atoms with Crippen LogP contribution in [0.2, 0.25) is 0 Å². The molecular weight excluding hydrogens is 414 g/mol. The van der Waals surface area contributed by atoms with Gasteiger partial charge in [0.2, 0.25) is 0 Å². The Labute approximate surface area is 195 Å². The molecule has 1 amide bonds. The fourth-order valence-electron chi connectivity index (χ4n) is 3.84. The van der Waals surface area contributed by atoms with Gasteiger partial charge in [-0.2, -0.15) is 0 Å². The number of rotatable bonds is 11. The topological polar surface area (TPSA) is 63.7 Å². The summed E-state index contributed by atoms with van der Waals surface area (Å²) >= 11 is 0. The first kappa shape index (κ1) is 22.8. The van der Waals surface area contributed by atoms with Crippen molar-refractivity contribution < 1.29 is 14.3 Å². The van der Waals surface area contributed by atoms with Gasteiger partial charge in [0, 0.05) is 18.8 Å². The zero-order valence-electron chi connectivity index (χ0n) is 18.9. The minimum absolute atomic E-state index is 0.175. The third-order valence-corrected chi connectivity index (χ3v) is 5.66. The second-order valence-electron chi connectivity index (χ2n) is 8.24. The van der Waals surface area contributed by atoms with Gasteiger partial charge in [0.25, 0.3) is 5.91 Å². The maximum Gasteiger partial charge on any atom is 0.270 e. The highest BCUT2D eigenvalue weighted by Gasteiger charge is 2.11. The average molecular weight is 446 g/mol. The number of benzene rings is 2. The second kappa shape index (κ2) is 12.0. The third kappa shape index (κ3) is 7.32. The molecule has 0 aliphatic carbocycles. The lowest BCUT2D eigenvalue weighted by Gasteiger charge is -2.14. The predicted molar refractivity (Wildman–Crippen MR) is 129 cm³/mol. The van der Waals surface area contributed by atoms with Crippen molar-refractivity contribution in [3.05, 3.63) is 84.2 Å². The fourth-order valence-corrected chi connectivity index (χ4v) is 3.84. The van der Waals surface area contributed by atoms with E-state index < -0.39 is 0 Å². The number of hydrogen-bond acceptors (Lipinski definition) is 5. The summed E-state index contributed by atoms with van der Waals surface area (Å²) in [5, 5.41) is 2.96. The van der Waals surface area contributed by atoms with Crippen LogP contribution in [0.1, 0.15) is 41.7 Å². The zero-order valence-corrected chi connectivity index (χ0v) is 18.9. The summed E-state index contributed by atoms with van der Waals surface area (Å²) in [4.78, 5) is 19.1. The number of nitrogens with one attached hydrogen (secondary N) is 1. The van der Waals surface area contributed by atoms with Crippen molar-refractivity contribution in [3.8, 4) is 17.2 Å². The molecule has 33 heavy (non-hydrogen) atoms. The monoisotopic (exact) mass is 445 g/mol. The molecule has 4 rings (SSSR count). The first-order chi connectivity index (χ1) is 16.3. The Bertz CT molecular complexity index is 1000. The summed E-state index contributed by atoms with van der Waals surface area (Å²) < 4.78 is 11.7. The maximum absolute atomic E-state index is 12.4. The zero-order chi connectivity index (χ0) is 22.7. The molecule has 172 valence electrons. The Hall–Kier alpha value is -3.38. The minimum atomic E-state index is -0.175. The van der Waals surface area contributed by atoms with E-state index in [1.165, 1.54) is 25.9 Å². The van der Waals surface area contributed by atoms with Crippen molar-refractivity contribution in [2.45, 2.75) is 32.3 Å². The molecule has 1 saturated heterocycles. The van der Waals surface area contributed by atoms with Gasteiger partial charge in [0.15, 0.2) is 0 Å². The van der Waals surface area contributed by atoms with E-state index in [-0.39, 0.29) is 5.91 Å². The van der Waals surface area contributed by atoms with Crippen molar-refractivity contribution in [1.82, 2.24) is 15.2 Å². The third-order valence-electron chi connectivity index (χ3n) is 5.66. The van der Waals surface area contributed by atoms with E-state index in [0.717, 1.165) is 30.7 Å². The SMILES string of the molecule is O=C(NCCCCN1CCCC1)c1cc(Oc2ccc(OCc3ccccc3)cc2)ccn1. The van der Waals surface area contributed by atoms with Crippen LogP contribution in [0.5, 0.6) is 17.2 Å². The van der Waals surface area contributed by atoms with Gasteiger partial charge in [0.1, 0.15) is 29.5 Å². The molecule has 0 atom stereocenters. The van der Waals surface area contributed by atoms with Gasteiger partial charge in [-0.3, -0.25) is 9.78 Å². The van der Waals surface area contributed by atoms with Crippen molar-refractivity contribution in [3.63, 3.8) is 0 Å². The highest BCUT2D eigenvalue weighted by Crippen LogP contribution is 2.24. The van der Waals surface area contributed by atoms with Crippen LogP contribution < -0.4 is 14.8 Å². The lowest BCUT2D eigenvalue weighted by atomic mass is 10.2. The summed E-state index contributed by atoms with van der Waals surface area (Å²) in [5.41, 5.74) is 1.47. The average Bonchev–Trinajstić information content (AvgIpc) is 3.38. The van der Waals surface area contributed by atoms with Crippen LogP contribution >= 0.6 is 0 Å². The summed E-state index contributed by atoms with van der Waals surface area (Å²) in [6.07, 6.45) is 6.29. The number of amides is 1. The van der Waals surface area contributed by atoms with Crippen LogP contribution in [0.4, 0.5) is 0 Å². The molecule has 2 heterocycles. The lowest BCUT2D eigenvalue weighted by Crippen LogP contribution is -2.26. The van der Waals surface area contributed by atoms with E-state index in [9.17, 15) is 4.79 Å². The normalized spacial score (nSPS) is 13.6. The number of carbonyl (C=O) groups excluding carboxylic acids is 1. The number of nitrogens with zero attached hydrogens (tertiary/aromatic N) is 2. The smallest absolute Gasteiger partial charge is 0.270 e. The largest absolute Gasteiger partial charge is 0.489 e. The molecular formula is C27H31N3O3. The Morgan fingerprint density at radius 3 is 2.45 bits per heavy atom. The molecule has 3 aromatic rings. The van der Waals surface area contributed by atoms with Crippen LogP contribution in [0.25, 0.3) is 0 Å². The van der Waals surface area contributed by atoms with Gasteiger partial charge in [-0.15, -0.1) is 0 Å². The summed E-state index contributed by atoms with van der Waals surface area (Å²) in [6.45, 7) is 4.72. The fraction of sp³-hybridized carbons (Fsp3) is 0.333. The van der Waals surface area contributed by atoms with Crippen molar-refractivity contribution in [2.75, 3.05) is 26.2 Å². The summed E-state index contributed by atoms with van der Waals surface area (Å²) in [5.74, 6) is 1.83. The Morgan fingerprint density at radius 2 is 1.67 bits per heavy atom. The number of hydrogen-bond donors (Lipinski definition) is 1. The Kier molecular flexibility index (Phi) is 8.30. The number of carbonyl (C=O) groups is 1. The van der Waals surface area contributed by atoms with E-state index in [2.05, 4.69) is 15.2 Å². The first-order valence-electron chi connectivity index (χ1n) is 11.7. The van der Waals surface area contributed by atoms with Crippen LogP contribution in [-0.4, -0.2) is 42.0 Å². The van der Waals surface area contributed by atoms with Crippen molar-refractivity contribution >= 4 is 5.91 Å². The van der Waals surface area contributed by atoms with Crippen molar-refractivity contribution in [1.29, 1.82) is 0 Å². The van der Waals surface area contributed by atoms with Gasteiger partial charge < -0.3 is 19.7 Å². The molecule has 0 unspecified atom stereocenters. The molecule has 1 aliphatic rings. The number of likely N-dealkylation sites (tertiary alicyclic amines) is 1. The molecule has 6 nitrogen and oxygen atoms in total. The van der Waals surface area contributed by atoms with E-state index in [1.807, 2.05) is 54.6 Å². The maximum atomic E-state index is 12.4. The van der Waals surface area contributed by atoms with E-state index in [4.69, 9.17) is 9.47 Å². The lowest BCUT2D eigenvalue weighted by molar-refractivity contribution is 0.0947. The second-order valence-corrected chi connectivity index (χ2v) is 8.24. The first-order valence-corrected chi connectivity index (χ1v) is 11.7. The van der Waals surface area contributed by atoms with Gasteiger partial charge in [-0.25, -0.2) is 0 Å². The van der Waals surface area contributed by atoms with Gasteiger partial charge in [-0.05, 0) is 81.2 Å². The molecule has 1 aromatic heterocycles. The van der Waals surface area contributed by atoms with Crippen LogP contribution in [-0.2, 0) is 6.61 Å². The number of aromatic nitrogens is 1. The molecule has 1 N–H and O–H groups in total. The molecule has 1 aliphatic heterocycles. The van der Waals surface area contributed by atoms with Gasteiger partial charge >= 0.3 is 0 Å². The Morgan fingerprint density at radius 1 is 0.909 bits per heavy atom. The van der Waals surface area contributed by atoms with Gasteiger partial charge in [-0.1, -0.05) is 30.3 Å². The van der Waals surface area contributed by atoms with Crippen LogP contribution in [0.3, 0.4) is 0 Å². The highest BCUT2D eigenvalue weighted by molar-refractivity contribution is 5.92. The van der Waals surface area contributed by atoms with E-state index in [1.54, 1.807) is 18.3 Å². The molecule has 1 fully saturated rings. The predicted octanol–water partition coefficient (Wildman–Crippen LogP) is 5.06. The molecule has 2 aromatic carbocycles. The van der Waals surface area contributed by atoms with E-state index in [0.29, 0.717) is 30.3 Å². The highest BCUT2D eigenvalue weighted by atomic mass is 16.5. The summed E-state index contributed by atoms with van der Waals surface area (Å²) in [7, 11) is 0. The standard InChI is InChI=1S/C27H31N3O3/c31-27(29-15-4-5-17-30-18-6-7-19-30)26-20-25(14-16-28-26)33-24-12-10-23(11-13-24)32-21-22-8-2-1-3-9-22/h1-3,8-14,16,20H,4-7,15,17-19,21H2,(H,29,31). The van der Waals surface area contributed by atoms with Crippen molar-refractivity contribution in [2.24, 2.45) is 0 Å². The molecule has 6 heteroatoms. The molecule has 0 radical (unpaired) electrons. The minimum Gasteiger partial charge on any atom is -0.489 e. The van der Waals surface area contributed by atoms with Gasteiger partial charge in [0.05, 0.1) is 0 Å². The molecule has 0 bridgehead atoms. The van der Waals surface area contributed by atoms with Crippen LogP contribution in [0.15, 0.2) is 72.9 Å².